The highest BCUT2D eigenvalue weighted by molar-refractivity contribution is 4.75. The molecule has 72 valence electrons. The van der Waals surface area contributed by atoms with Gasteiger partial charge in [0.25, 0.3) is 0 Å². The van der Waals surface area contributed by atoms with Crippen molar-refractivity contribution < 1.29 is 10.2 Å². The molecule has 1 saturated heterocycles. The first-order valence-electron chi connectivity index (χ1n) is 4.73. The SMILES string of the molecule is CC1CC(O)CN(CCCO)C1. The van der Waals surface area contributed by atoms with E-state index in [-0.39, 0.29) is 12.7 Å². The molecule has 0 amide bonds. The van der Waals surface area contributed by atoms with Crippen LogP contribution < -0.4 is 0 Å². The van der Waals surface area contributed by atoms with Crippen LogP contribution in [0.4, 0.5) is 0 Å². The predicted octanol–water partition coefficient (Wildman–Crippen LogP) is 0.0715. The van der Waals surface area contributed by atoms with Crippen molar-refractivity contribution in [3.8, 4) is 0 Å². The summed E-state index contributed by atoms with van der Waals surface area (Å²) in [5.41, 5.74) is 0. The van der Waals surface area contributed by atoms with Crippen molar-refractivity contribution in [3.63, 3.8) is 0 Å². The molecule has 0 spiro atoms. The maximum absolute atomic E-state index is 9.45. The summed E-state index contributed by atoms with van der Waals surface area (Å²) in [6.07, 6.45) is 1.59. The average Bonchev–Trinajstić information content (AvgIpc) is 1.99. The van der Waals surface area contributed by atoms with Gasteiger partial charge in [-0.3, -0.25) is 0 Å². The second-order valence-corrected chi connectivity index (χ2v) is 3.83. The van der Waals surface area contributed by atoms with Crippen LogP contribution >= 0.6 is 0 Å². The van der Waals surface area contributed by atoms with E-state index >= 15 is 0 Å². The summed E-state index contributed by atoms with van der Waals surface area (Å²) in [6.45, 7) is 5.18. The smallest absolute Gasteiger partial charge is 0.0670 e. The van der Waals surface area contributed by atoms with Crippen LogP contribution in [0.1, 0.15) is 19.8 Å². The summed E-state index contributed by atoms with van der Waals surface area (Å²) >= 11 is 0. The Kier molecular flexibility index (Phi) is 3.98. The van der Waals surface area contributed by atoms with Crippen molar-refractivity contribution in [3.05, 3.63) is 0 Å². The molecular formula is C9H19NO2. The Balaban J connectivity index is 2.24. The van der Waals surface area contributed by atoms with Gasteiger partial charge in [0.1, 0.15) is 0 Å². The van der Waals surface area contributed by atoms with E-state index in [4.69, 9.17) is 5.11 Å². The van der Waals surface area contributed by atoms with Gasteiger partial charge >= 0.3 is 0 Å². The molecule has 3 heteroatoms. The molecule has 0 bridgehead atoms. The number of piperidine rings is 1. The third kappa shape index (κ3) is 3.09. The fourth-order valence-electron chi connectivity index (χ4n) is 1.90. The number of hydrogen-bond acceptors (Lipinski definition) is 3. The Morgan fingerprint density at radius 2 is 2.17 bits per heavy atom. The van der Waals surface area contributed by atoms with Gasteiger partial charge in [-0.05, 0) is 18.8 Å². The highest BCUT2D eigenvalue weighted by Gasteiger charge is 2.22. The van der Waals surface area contributed by atoms with E-state index in [1.807, 2.05) is 0 Å². The first-order valence-corrected chi connectivity index (χ1v) is 4.73. The summed E-state index contributed by atoms with van der Waals surface area (Å²) in [7, 11) is 0. The van der Waals surface area contributed by atoms with Crippen LogP contribution in [0.3, 0.4) is 0 Å². The first kappa shape index (κ1) is 9.96. The van der Waals surface area contributed by atoms with Crippen LogP contribution in [0.2, 0.25) is 0 Å². The number of β-amino-alcohol motifs (C(OH)–C–C–N with tert-alkyl or cyclic N) is 1. The molecule has 1 rings (SSSR count). The number of aliphatic hydroxyl groups excluding tert-OH is 2. The highest BCUT2D eigenvalue weighted by Crippen LogP contribution is 2.15. The number of rotatable bonds is 3. The van der Waals surface area contributed by atoms with Crippen LogP contribution in [0.15, 0.2) is 0 Å². The van der Waals surface area contributed by atoms with E-state index in [0.717, 1.165) is 32.5 Å². The molecule has 2 N–H and O–H groups in total. The maximum atomic E-state index is 9.45. The zero-order valence-electron chi connectivity index (χ0n) is 7.74. The van der Waals surface area contributed by atoms with Gasteiger partial charge < -0.3 is 15.1 Å². The standard InChI is InChI=1S/C9H19NO2/c1-8-5-9(12)7-10(6-8)3-2-4-11/h8-9,11-12H,2-7H2,1H3. The minimum atomic E-state index is -0.160. The minimum Gasteiger partial charge on any atom is -0.396 e. The van der Waals surface area contributed by atoms with Crippen LogP contribution in [0.25, 0.3) is 0 Å². The van der Waals surface area contributed by atoms with Gasteiger partial charge in [0.05, 0.1) is 6.10 Å². The number of nitrogens with zero attached hydrogens (tertiary/aromatic N) is 1. The van der Waals surface area contributed by atoms with Crippen molar-refractivity contribution in [1.29, 1.82) is 0 Å². The van der Waals surface area contributed by atoms with Gasteiger partial charge in [-0.25, -0.2) is 0 Å². The van der Waals surface area contributed by atoms with Gasteiger partial charge in [0.2, 0.25) is 0 Å². The average molecular weight is 173 g/mol. The summed E-state index contributed by atoms with van der Waals surface area (Å²) < 4.78 is 0. The molecule has 0 aliphatic carbocycles. The number of aliphatic hydroxyl groups is 2. The lowest BCUT2D eigenvalue weighted by Crippen LogP contribution is -2.42. The Morgan fingerprint density at radius 3 is 2.75 bits per heavy atom. The fourth-order valence-corrected chi connectivity index (χ4v) is 1.90. The summed E-state index contributed by atoms with van der Waals surface area (Å²) in [4.78, 5) is 2.23. The Morgan fingerprint density at radius 1 is 1.42 bits per heavy atom. The zero-order valence-corrected chi connectivity index (χ0v) is 7.74. The fraction of sp³-hybridized carbons (Fsp3) is 1.00. The van der Waals surface area contributed by atoms with Gasteiger partial charge in [0.15, 0.2) is 0 Å². The van der Waals surface area contributed by atoms with Gasteiger partial charge in [-0.2, -0.15) is 0 Å². The molecule has 0 radical (unpaired) electrons. The lowest BCUT2D eigenvalue weighted by molar-refractivity contribution is 0.0419. The molecule has 0 aromatic carbocycles. The molecule has 0 aromatic rings. The molecule has 0 aromatic heterocycles. The van der Waals surface area contributed by atoms with Crippen LogP contribution in [0.5, 0.6) is 0 Å². The molecule has 1 aliphatic rings. The second kappa shape index (κ2) is 4.80. The van der Waals surface area contributed by atoms with Gasteiger partial charge in [-0.1, -0.05) is 6.92 Å². The monoisotopic (exact) mass is 173 g/mol. The van der Waals surface area contributed by atoms with Crippen molar-refractivity contribution in [1.82, 2.24) is 4.90 Å². The lowest BCUT2D eigenvalue weighted by Gasteiger charge is -2.33. The molecule has 12 heavy (non-hydrogen) atoms. The Bertz CT molecular complexity index is 120. The highest BCUT2D eigenvalue weighted by atomic mass is 16.3. The third-order valence-electron chi connectivity index (χ3n) is 2.35. The van der Waals surface area contributed by atoms with Crippen molar-refractivity contribution >= 4 is 0 Å². The third-order valence-corrected chi connectivity index (χ3v) is 2.35. The molecular weight excluding hydrogens is 154 g/mol. The lowest BCUT2D eigenvalue weighted by atomic mass is 9.98. The summed E-state index contributed by atoms with van der Waals surface area (Å²) in [6, 6.07) is 0. The van der Waals surface area contributed by atoms with Crippen molar-refractivity contribution in [2.75, 3.05) is 26.2 Å². The van der Waals surface area contributed by atoms with E-state index in [2.05, 4.69) is 11.8 Å². The van der Waals surface area contributed by atoms with Crippen LogP contribution in [-0.4, -0.2) is 47.5 Å². The van der Waals surface area contributed by atoms with Crippen molar-refractivity contribution in [2.45, 2.75) is 25.9 Å². The molecule has 1 fully saturated rings. The zero-order chi connectivity index (χ0) is 8.97. The normalized spacial score (nSPS) is 32.2. The molecule has 2 atom stereocenters. The molecule has 0 saturated carbocycles. The quantitative estimate of drug-likeness (QED) is 0.635. The number of likely N-dealkylation sites (tertiary alicyclic amines) is 1. The van der Waals surface area contributed by atoms with E-state index < -0.39 is 0 Å². The van der Waals surface area contributed by atoms with E-state index in [9.17, 15) is 5.11 Å². The van der Waals surface area contributed by atoms with E-state index in [0.29, 0.717) is 5.92 Å². The Hall–Kier alpha value is -0.120. The molecule has 3 nitrogen and oxygen atoms in total. The molecule has 1 aliphatic heterocycles. The van der Waals surface area contributed by atoms with E-state index in [1.165, 1.54) is 0 Å². The largest absolute Gasteiger partial charge is 0.396 e. The Labute approximate surface area is 74.0 Å². The van der Waals surface area contributed by atoms with E-state index in [1.54, 1.807) is 0 Å². The predicted molar refractivity (Wildman–Crippen MR) is 47.9 cm³/mol. The second-order valence-electron chi connectivity index (χ2n) is 3.83. The summed E-state index contributed by atoms with van der Waals surface area (Å²) in [5, 5.41) is 18.1. The molecule has 1 heterocycles. The molecule has 2 unspecified atom stereocenters. The maximum Gasteiger partial charge on any atom is 0.0670 e. The van der Waals surface area contributed by atoms with Gasteiger partial charge in [0, 0.05) is 26.2 Å². The van der Waals surface area contributed by atoms with Gasteiger partial charge in [-0.15, -0.1) is 0 Å². The number of hydrogen-bond donors (Lipinski definition) is 2. The van der Waals surface area contributed by atoms with Crippen molar-refractivity contribution in [2.24, 2.45) is 5.92 Å². The summed E-state index contributed by atoms with van der Waals surface area (Å²) in [5.74, 6) is 0.590. The van der Waals surface area contributed by atoms with Crippen LogP contribution in [0, 0.1) is 5.92 Å². The minimum absolute atomic E-state index is 0.160. The van der Waals surface area contributed by atoms with Crippen LogP contribution in [-0.2, 0) is 0 Å². The first-order chi connectivity index (χ1) is 5.72. The topological polar surface area (TPSA) is 43.7 Å².